The Morgan fingerprint density at radius 3 is 2.31 bits per heavy atom. The molecule has 15 heteroatoms. The maximum absolute atomic E-state index is 13.2. The molecule has 1 heterocycles. The number of halogens is 7. The molecule has 1 saturated carbocycles. The predicted molar refractivity (Wildman–Crippen MR) is 165 cm³/mol. The van der Waals surface area contributed by atoms with Crippen molar-refractivity contribution in [2.24, 2.45) is 12.5 Å². The predicted octanol–water partition coefficient (Wildman–Crippen LogP) is 8.17. The van der Waals surface area contributed by atoms with Gasteiger partial charge in [-0.05, 0) is 30.5 Å². The second kappa shape index (κ2) is 15.8. The number of nitrogens with one attached hydrogen (secondary N) is 3. The smallest absolute Gasteiger partial charge is 0.379 e. The number of benzene rings is 2. The second-order valence-corrected chi connectivity index (χ2v) is 12.3. The van der Waals surface area contributed by atoms with E-state index in [1.807, 2.05) is 20.8 Å². The molecular formula is C30H36Cl2F5N5O3. The van der Waals surface area contributed by atoms with Gasteiger partial charge < -0.3 is 25.3 Å². The summed E-state index contributed by atoms with van der Waals surface area (Å²) in [5.41, 5.74) is 1.62. The molecule has 2 aromatic carbocycles. The summed E-state index contributed by atoms with van der Waals surface area (Å²) in [6.07, 6.45) is 2.24. The maximum atomic E-state index is 13.2. The Morgan fingerprint density at radius 1 is 1.07 bits per heavy atom. The highest BCUT2D eigenvalue weighted by Gasteiger charge is 2.24. The normalized spacial score (nSPS) is 13.9. The number of aromatic nitrogens is 2. The first-order valence-corrected chi connectivity index (χ1v) is 15.0. The molecule has 0 bridgehead atoms. The summed E-state index contributed by atoms with van der Waals surface area (Å²) in [4.78, 5) is 30.2. The number of anilines is 2. The van der Waals surface area contributed by atoms with Crippen LogP contribution in [-0.4, -0.2) is 47.1 Å². The van der Waals surface area contributed by atoms with Gasteiger partial charge in [0.05, 0.1) is 32.3 Å². The largest absolute Gasteiger partial charge is 0.487 e. The number of hydrogen-bond acceptors (Lipinski definition) is 5. The molecule has 4 rings (SSSR count). The number of aryl methyl sites for hydroxylation is 1. The number of carbonyl (C=O) groups excluding carboxylic acids is 2. The van der Waals surface area contributed by atoms with Crippen molar-refractivity contribution in [2.75, 3.05) is 11.9 Å². The van der Waals surface area contributed by atoms with E-state index >= 15 is 0 Å². The Bertz CT molecular complexity index is 1490. The van der Waals surface area contributed by atoms with Crippen molar-refractivity contribution >= 4 is 57.7 Å². The minimum absolute atomic E-state index is 0.0283. The molecule has 0 aliphatic heterocycles. The molecule has 45 heavy (non-hydrogen) atoms. The molecule has 0 radical (unpaired) electrons. The van der Waals surface area contributed by atoms with Gasteiger partial charge >= 0.3 is 6.68 Å². The molecule has 2 amide bonds. The van der Waals surface area contributed by atoms with Crippen molar-refractivity contribution < 1.29 is 36.3 Å². The number of imidazole rings is 1. The molecule has 0 unspecified atom stereocenters. The van der Waals surface area contributed by atoms with Crippen molar-refractivity contribution in [3.63, 3.8) is 0 Å². The van der Waals surface area contributed by atoms with Crippen LogP contribution in [0.5, 0.6) is 5.75 Å². The first-order chi connectivity index (χ1) is 21.1. The Morgan fingerprint density at radius 2 is 1.71 bits per heavy atom. The van der Waals surface area contributed by atoms with Gasteiger partial charge in [0.2, 0.25) is 11.9 Å². The number of fused-ring (bicyclic) bond motifs is 1. The Labute approximate surface area is 268 Å². The van der Waals surface area contributed by atoms with E-state index in [1.54, 1.807) is 29.8 Å². The van der Waals surface area contributed by atoms with Crippen LogP contribution >= 0.6 is 23.2 Å². The van der Waals surface area contributed by atoms with Crippen molar-refractivity contribution in [1.29, 1.82) is 0 Å². The summed E-state index contributed by atoms with van der Waals surface area (Å²) in [5, 5.41) is 9.69. The molecule has 1 aliphatic rings. The number of ether oxygens (including phenoxy) is 1. The van der Waals surface area contributed by atoms with E-state index in [0.717, 1.165) is 32.1 Å². The summed E-state index contributed by atoms with van der Waals surface area (Å²) in [6.45, 7) is 1.15. The van der Waals surface area contributed by atoms with Gasteiger partial charge in [0.25, 0.3) is 12.3 Å². The first kappa shape index (κ1) is 36.2. The fourth-order valence-electron chi connectivity index (χ4n) is 4.69. The average Bonchev–Trinajstić information content (AvgIpc) is 3.26. The van der Waals surface area contributed by atoms with Crippen LogP contribution in [0.25, 0.3) is 11.0 Å². The van der Waals surface area contributed by atoms with Gasteiger partial charge in [-0.25, -0.2) is 13.8 Å². The number of rotatable bonds is 9. The van der Waals surface area contributed by atoms with Crippen molar-refractivity contribution in [3.05, 3.63) is 45.4 Å². The van der Waals surface area contributed by atoms with Gasteiger partial charge in [0.1, 0.15) is 12.4 Å². The van der Waals surface area contributed by atoms with E-state index in [0.29, 0.717) is 38.3 Å². The highest BCUT2D eigenvalue weighted by molar-refractivity contribution is 6.39. The molecule has 8 nitrogen and oxygen atoms in total. The van der Waals surface area contributed by atoms with Crippen LogP contribution in [0.4, 0.5) is 33.6 Å². The molecular weight excluding hydrogens is 644 g/mol. The van der Waals surface area contributed by atoms with Crippen LogP contribution in [0.1, 0.15) is 68.8 Å². The summed E-state index contributed by atoms with van der Waals surface area (Å²) in [6, 6.07) is 6.51. The zero-order valence-corrected chi connectivity index (χ0v) is 26.8. The summed E-state index contributed by atoms with van der Waals surface area (Å²) in [7, 11) is 1.73. The molecule has 1 fully saturated rings. The van der Waals surface area contributed by atoms with Gasteiger partial charge in [-0.3, -0.25) is 9.59 Å². The molecule has 0 saturated heterocycles. The van der Waals surface area contributed by atoms with Gasteiger partial charge in [-0.15, -0.1) is 0 Å². The molecule has 3 aromatic rings. The Kier molecular flexibility index (Phi) is 12.7. The summed E-state index contributed by atoms with van der Waals surface area (Å²) >= 11 is 13.2. The fraction of sp³-hybridized carbons (Fsp3) is 0.500. The first-order valence-electron chi connectivity index (χ1n) is 14.2. The van der Waals surface area contributed by atoms with Gasteiger partial charge in [0.15, 0.2) is 0 Å². The molecule has 3 N–H and O–H groups in total. The number of carbonyl (C=O) groups is 2. The monoisotopic (exact) mass is 679 g/mol. The van der Waals surface area contributed by atoms with Crippen LogP contribution in [0.15, 0.2) is 24.3 Å². The lowest BCUT2D eigenvalue weighted by molar-refractivity contribution is -0.128. The van der Waals surface area contributed by atoms with Crippen molar-refractivity contribution in [1.82, 2.24) is 20.2 Å². The van der Waals surface area contributed by atoms with Crippen LogP contribution in [0.3, 0.4) is 0 Å². The minimum atomic E-state index is -3.67. The molecule has 0 atom stereocenters. The maximum Gasteiger partial charge on any atom is 0.379 e. The number of alkyl halides is 5. The summed E-state index contributed by atoms with van der Waals surface area (Å²) in [5.74, 6) is -0.112. The van der Waals surface area contributed by atoms with E-state index in [1.165, 1.54) is 6.07 Å². The zero-order chi connectivity index (χ0) is 33.5. The number of nitrogens with zero attached hydrogens (tertiary/aromatic N) is 2. The van der Waals surface area contributed by atoms with Crippen LogP contribution < -0.4 is 20.7 Å². The average molecular weight is 681 g/mol. The molecule has 1 aliphatic carbocycles. The summed E-state index contributed by atoms with van der Waals surface area (Å²) < 4.78 is 62.1. The van der Waals surface area contributed by atoms with Crippen LogP contribution in [0, 0.1) is 5.41 Å². The lowest BCUT2D eigenvalue weighted by Crippen LogP contribution is -2.36. The van der Waals surface area contributed by atoms with E-state index in [-0.39, 0.29) is 35.7 Å². The highest BCUT2D eigenvalue weighted by Crippen LogP contribution is 2.37. The van der Waals surface area contributed by atoms with E-state index in [4.69, 9.17) is 27.9 Å². The van der Waals surface area contributed by atoms with Gasteiger partial charge in [-0.2, -0.15) is 13.2 Å². The second-order valence-electron chi connectivity index (χ2n) is 11.5. The van der Waals surface area contributed by atoms with Crippen molar-refractivity contribution in [3.8, 4) is 5.75 Å². The third-order valence-corrected chi connectivity index (χ3v) is 7.81. The van der Waals surface area contributed by atoms with E-state index < -0.39 is 25.1 Å². The molecule has 0 spiro atoms. The lowest BCUT2D eigenvalue weighted by atomic mass is 9.95. The third-order valence-electron chi connectivity index (χ3n) is 7.06. The van der Waals surface area contributed by atoms with Gasteiger partial charge in [0, 0.05) is 31.1 Å². The molecule has 248 valence electrons. The number of amides is 2. The Hall–Kier alpha value is -3.32. The minimum Gasteiger partial charge on any atom is -0.487 e. The fourth-order valence-corrected chi connectivity index (χ4v) is 5.22. The topological polar surface area (TPSA) is 97.3 Å². The van der Waals surface area contributed by atoms with Crippen LogP contribution in [-0.2, 0) is 18.4 Å². The zero-order valence-electron chi connectivity index (χ0n) is 25.3. The van der Waals surface area contributed by atoms with E-state index in [2.05, 4.69) is 20.9 Å². The van der Waals surface area contributed by atoms with Crippen LogP contribution in [0.2, 0.25) is 10.0 Å². The standard InChI is InChI=1S/C29H35Cl2F2N5O3.CHF3/c1-29(2,3)27(40)34-14-16-10-11-19(30)25(24(16)31)37-28-36-20-12-18(26(39)35-17-8-6-5-7-9-17)22(41-15-23(32)33)13-21(20)38(28)4;2-1(3)4/h10-13,17,23H,5-9,14-15H2,1-4H3,(H,34,40)(H,35,39)(H,36,37);1H. The van der Waals surface area contributed by atoms with Gasteiger partial charge in [-0.1, -0.05) is 69.3 Å². The number of hydrogen-bond donors (Lipinski definition) is 3. The lowest BCUT2D eigenvalue weighted by Gasteiger charge is -2.23. The highest BCUT2D eigenvalue weighted by atomic mass is 35.5. The quantitative estimate of drug-likeness (QED) is 0.198. The third kappa shape index (κ3) is 10.1. The Balaban J connectivity index is 0.00000130. The van der Waals surface area contributed by atoms with Crippen molar-refractivity contribution in [2.45, 2.75) is 78.6 Å². The SMILES string of the molecule is Cn1c(Nc2c(Cl)ccc(CNC(=O)C(C)(C)C)c2Cl)nc2cc(C(=O)NC3CCCCC3)c(OCC(F)F)cc21.FC(F)F. The van der Waals surface area contributed by atoms with E-state index in [9.17, 15) is 31.5 Å². The molecule has 1 aromatic heterocycles.